The number of fused-ring (bicyclic) bond motifs is 1. The van der Waals surface area contributed by atoms with E-state index in [2.05, 4.69) is 18.3 Å². The minimum atomic E-state index is -0.627. The number of carbonyl (C=O) groups excluding carboxylic acids is 4. The maximum absolute atomic E-state index is 13.6. The molecule has 0 bridgehead atoms. The van der Waals surface area contributed by atoms with Crippen LogP contribution in [-0.4, -0.2) is 48.2 Å². The van der Waals surface area contributed by atoms with E-state index in [9.17, 15) is 19.2 Å². The van der Waals surface area contributed by atoms with Crippen molar-refractivity contribution < 1.29 is 47.6 Å². The van der Waals surface area contributed by atoms with Crippen LogP contribution in [0.1, 0.15) is 64.7 Å². The standard InChI is InChI=1S/C62H55N3O10S/c1-3-58(66)65(62-64-56(43-76-62)50-24-23-47-16-10-11-17-49(47)38-50)63-40-51-39-55(33-34-57(51)75-61(69)48-25-27-52(28-26-48)70-36-12-5-6-13-37-71-59(67)4-2)73-42-46-20-18-44(19-21-46)22-35-60(68)74-54-31-29-53(30-32-54)72-41-45-14-8-7-9-15-45/h3-4,7-11,14-21,23-34,38-40,43H,1-2,5-6,12-13,22,35-37,41-42H2/b63-40+. The van der Waals surface area contributed by atoms with Crippen molar-refractivity contribution in [2.45, 2.75) is 51.7 Å². The minimum Gasteiger partial charge on any atom is -0.494 e. The maximum atomic E-state index is 13.6. The largest absolute Gasteiger partial charge is 0.494 e. The highest BCUT2D eigenvalue weighted by Gasteiger charge is 2.19. The lowest BCUT2D eigenvalue weighted by Crippen LogP contribution is -2.23. The number of anilines is 1. The van der Waals surface area contributed by atoms with Gasteiger partial charge >= 0.3 is 17.9 Å². The number of nitrogens with zero attached hydrogens (tertiary/aromatic N) is 3. The Kier molecular flexibility index (Phi) is 19.1. The van der Waals surface area contributed by atoms with E-state index in [0.717, 1.165) is 75.9 Å². The van der Waals surface area contributed by atoms with Crippen molar-refractivity contribution in [3.05, 3.63) is 222 Å². The molecule has 13 nitrogen and oxygen atoms in total. The fourth-order valence-electron chi connectivity index (χ4n) is 7.63. The molecule has 0 atom stereocenters. The highest BCUT2D eigenvalue weighted by molar-refractivity contribution is 7.14. The van der Waals surface area contributed by atoms with Crippen molar-refractivity contribution in [2.75, 3.05) is 18.2 Å². The molecule has 0 aliphatic carbocycles. The van der Waals surface area contributed by atoms with Gasteiger partial charge in [0.05, 0.1) is 30.7 Å². The highest BCUT2D eigenvalue weighted by atomic mass is 32.1. The number of esters is 3. The van der Waals surface area contributed by atoms with Crippen LogP contribution in [-0.2, 0) is 38.8 Å². The Hall–Kier alpha value is -9.14. The first-order valence-corrected chi connectivity index (χ1v) is 25.6. The molecule has 1 heterocycles. The van der Waals surface area contributed by atoms with Crippen molar-refractivity contribution >= 4 is 57.3 Å². The third-order valence-electron chi connectivity index (χ3n) is 11.8. The normalized spacial score (nSPS) is 10.9. The number of hydrogen-bond acceptors (Lipinski definition) is 13. The van der Waals surface area contributed by atoms with E-state index in [1.54, 1.807) is 66.7 Å². The van der Waals surface area contributed by atoms with Crippen LogP contribution in [0.5, 0.6) is 28.7 Å². The monoisotopic (exact) mass is 1030 g/mol. The van der Waals surface area contributed by atoms with Crippen molar-refractivity contribution in [1.29, 1.82) is 0 Å². The van der Waals surface area contributed by atoms with Gasteiger partial charge in [0.1, 0.15) is 42.0 Å². The van der Waals surface area contributed by atoms with Crippen LogP contribution in [0.3, 0.4) is 0 Å². The second-order valence-corrected chi connectivity index (χ2v) is 18.1. The lowest BCUT2D eigenvalue weighted by atomic mass is 10.1. The van der Waals surface area contributed by atoms with Crippen molar-refractivity contribution in [3.8, 4) is 40.0 Å². The molecule has 1 aromatic heterocycles. The summed E-state index contributed by atoms with van der Waals surface area (Å²) in [5, 5.41) is 10.0. The molecule has 8 aromatic rings. The molecular formula is C62H55N3O10S. The maximum Gasteiger partial charge on any atom is 0.343 e. The smallest absolute Gasteiger partial charge is 0.343 e. The number of rotatable bonds is 26. The number of hydrogen-bond donors (Lipinski definition) is 0. The van der Waals surface area contributed by atoms with Crippen molar-refractivity contribution in [2.24, 2.45) is 5.10 Å². The molecule has 0 aliphatic heterocycles. The molecule has 0 saturated carbocycles. The van der Waals surface area contributed by atoms with E-state index >= 15 is 0 Å². The topological polar surface area (TPSA) is 152 Å². The van der Waals surface area contributed by atoms with Crippen LogP contribution in [0.2, 0.25) is 0 Å². The summed E-state index contributed by atoms with van der Waals surface area (Å²) < 4.78 is 34.5. The van der Waals surface area contributed by atoms with Gasteiger partial charge in [-0.15, -0.1) is 11.3 Å². The third-order valence-corrected chi connectivity index (χ3v) is 12.6. The molecule has 1 amide bonds. The van der Waals surface area contributed by atoms with Gasteiger partial charge in [0.2, 0.25) is 5.13 Å². The molecule has 0 fully saturated rings. The van der Waals surface area contributed by atoms with Gasteiger partial charge in [-0.2, -0.15) is 10.1 Å². The van der Waals surface area contributed by atoms with E-state index < -0.39 is 17.8 Å². The Morgan fingerprint density at radius 1 is 0.592 bits per heavy atom. The van der Waals surface area contributed by atoms with E-state index in [4.69, 9.17) is 33.4 Å². The summed E-state index contributed by atoms with van der Waals surface area (Å²) >= 11 is 1.24. The number of ether oxygens (including phenoxy) is 6. The molecule has 8 rings (SSSR count). The van der Waals surface area contributed by atoms with Crippen LogP contribution in [0, 0.1) is 0 Å². The number of unbranched alkanes of at least 4 members (excludes halogenated alkanes) is 3. The summed E-state index contributed by atoms with van der Waals surface area (Å²) in [6.07, 6.45) is 7.74. The first-order valence-electron chi connectivity index (χ1n) is 24.7. The molecule has 76 heavy (non-hydrogen) atoms. The SMILES string of the molecule is C=CC(=O)OCCCCCCOc1ccc(C(=O)Oc2ccc(OCc3ccc(CCC(=O)Oc4ccc(OCc5ccccc5)cc4)cc3)cc2/C=N/N(C(=O)C=C)c2nc(-c3ccc4ccccc4c3)cs2)cc1. The number of benzene rings is 7. The van der Waals surface area contributed by atoms with E-state index in [-0.39, 0.29) is 30.3 Å². The summed E-state index contributed by atoms with van der Waals surface area (Å²) in [5.41, 5.74) is 5.06. The fraction of sp³-hybridized carbons (Fsp3) is 0.161. The zero-order valence-corrected chi connectivity index (χ0v) is 42.5. The Morgan fingerprint density at radius 2 is 1.24 bits per heavy atom. The Morgan fingerprint density at radius 3 is 1.99 bits per heavy atom. The van der Waals surface area contributed by atoms with Gasteiger partial charge in [0.15, 0.2) is 0 Å². The Bertz CT molecular complexity index is 3280. The number of carbonyl (C=O) groups is 4. The molecule has 0 saturated heterocycles. The predicted octanol–water partition coefficient (Wildman–Crippen LogP) is 13.1. The van der Waals surface area contributed by atoms with E-state index in [1.807, 2.05) is 102 Å². The quantitative estimate of drug-likeness (QED) is 0.0127. The van der Waals surface area contributed by atoms with Gasteiger partial charge in [-0.1, -0.05) is 104 Å². The first kappa shape index (κ1) is 53.2. The van der Waals surface area contributed by atoms with Crippen LogP contribution >= 0.6 is 11.3 Å². The summed E-state index contributed by atoms with van der Waals surface area (Å²) in [4.78, 5) is 55.7. The van der Waals surface area contributed by atoms with E-state index in [1.165, 1.54) is 17.6 Å². The molecule has 384 valence electrons. The van der Waals surface area contributed by atoms with Gasteiger partial charge in [-0.3, -0.25) is 9.59 Å². The minimum absolute atomic E-state index is 0.162. The second kappa shape index (κ2) is 27.2. The molecule has 7 aromatic carbocycles. The van der Waals surface area contributed by atoms with Crippen LogP contribution < -0.4 is 28.7 Å². The molecular weight excluding hydrogens is 979 g/mol. The molecule has 0 spiro atoms. The number of aryl methyl sites for hydroxylation is 1. The summed E-state index contributed by atoms with van der Waals surface area (Å²) in [7, 11) is 0. The molecule has 0 N–H and O–H groups in total. The van der Waals surface area contributed by atoms with Gasteiger partial charge in [0.25, 0.3) is 5.91 Å². The molecule has 0 unspecified atom stereocenters. The summed E-state index contributed by atoms with van der Waals surface area (Å²) in [6, 6.07) is 50.3. The van der Waals surface area contributed by atoms with Crippen molar-refractivity contribution in [3.63, 3.8) is 0 Å². The van der Waals surface area contributed by atoms with E-state index in [0.29, 0.717) is 65.6 Å². The van der Waals surface area contributed by atoms with Crippen LogP contribution in [0.25, 0.3) is 22.0 Å². The average Bonchev–Trinajstić information content (AvgIpc) is 3.95. The average molecular weight is 1030 g/mol. The van der Waals surface area contributed by atoms with Crippen LogP contribution in [0.15, 0.2) is 200 Å². The number of amides is 1. The van der Waals surface area contributed by atoms with Crippen molar-refractivity contribution in [1.82, 2.24) is 4.98 Å². The summed E-state index contributed by atoms with van der Waals surface area (Å²) in [5.74, 6) is 0.402. The Labute approximate surface area is 445 Å². The van der Waals surface area contributed by atoms with Gasteiger partial charge < -0.3 is 28.4 Å². The number of thiazole rings is 1. The predicted molar refractivity (Wildman–Crippen MR) is 295 cm³/mol. The van der Waals surface area contributed by atoms with Gasteiger partial charge in [0, 0.05) is 29.0 Å². The molecule has 0 radical (unpaired) electrons. The van der Waals surface area contributed by atoms with Gasteiger partial charge in [-0.25, -0.2) is 14.6 Å². The second-order valence-electron chi connectivity index (χ2n) is 17.2. The first-order chi connectivity index (χ1) is 37.2. The highest BCUT2D eigenvalue weighted by Crippen LogP contribution is 2.31. The Balaban J connectivity index is 0.903. The molecule has 0 aliphatic rings. The van der Waals surface area contributed by atoms with Gasteiger partial charge in [-0.05, 0) is 138 Å². The lowest BCUT2D eigenvalue weighted by Gasteiger charge is -2.14. The molecule has 14 heteroatoms. The fourth-order valence-corrected chi connectivity index (χ4v) is 8.42. The lowest BCUT2D eigenvalue weighted by molar-refractivity contribution is -0.138. The number of hydrazone groups is 1. The number of aromatic nitrogens is 1. The summed E-state index contributed by atoms with van der Waals surface area (Å²) in [6.45, 7) is 8.57. The zero-order valence-electron chi connectivity index (χ0n) is 41.7. The zero-order chi connectivity index (χ0) is 52.9. The van der Waals surface area contributed by atoms with Crippen LogP contribution in [0.4, 0.5) is 5.13 Å². The third kappa shape index (κ3) is 15.7.